The Hall–Kier alpha value is -2.63. The lowest BCUT2D eigenvalue weighted by molar-refractivity contribution is 0.415. The summed E-state index contributed by atoms with van der Waals surface area (Å²) in [5.41, 5.74) is 2.69. The predicted octanol–water partition coefficient (Wildman–Crippen LogP) is 3.90. The van der Waals surface area contributed by atoms with E-state index in [4.69, 9.17) is 9.72 Å². The van der Waals surface area contributed by atoms with Gasteiger partial charge in [-0.05, 0) is 44.5 Å². The van der Waals surface area contributed by atoms with Crippen molar-refractivity contribution in [2.45, 2.75) is 33.2 Å². The minimum absolute atomic E-state index is 0.237. The minimum Gasteiger partial charge on any atom is -0.497 e. The number of anilines is 1. The van der Waals surface area contributed by atoms with Crippen molar-refractivity contribution in [3.8, 4) is 17.1 Å². The highest BCUT2D eigenvalue weighted by Gasteiger charge is 2.18. The molecule has 0 saturated carbocycles. The van der Waals surface area contributed by atoms with Crippen molar-refractivity contribution in [1.82, 2.24) is 19.5 Å². The summed E-state index contributed by atoms with van der Waals surface area (Å²) in [6.45, 7) is 7.25. The molecule has 0 aliphatic carbocycles. The normalized spacial score (nSPS) is 11.2. The van der Waals surface area contributed by atoms with Crippen LogP contribution in [0.15, 0.2) is 30.6 Å². The summed E-state index contributed by atoms with van der Waals surface area (Å²) >= 11 is 0. The van der Waals surface area contributed by atoms with Crippen LogP contribution in [0.1, 0.15) is 33.2 Å². The Balaban J connectivity index is 2.17. The monoisotopic (exact) mass is 325 g/mol. The Morgan fingerprint density at radius 1 is 1.17 bits per heavy atom. The van der Waals surface area contributed by atoms with E-state index < -0.39 is 0 Å². The minimum atomic E-state index is 0.237. The number of methoxy groups -OCH3 is 1. The Kier molecular flexibility index (Phi) is 4.64. The van der Waals surface area contributed by atoms with Gasteiger partial charge in [0.05, 0.1) is 7.11 Å². The van der Waals surface area contributed by atoms with Gasteiger partial charge in [0.15, 0.2) is 17.0 Å². The highest BCUT2D eigenvalue weighted by Crippen LogP contribution is 2.30. The molecule has 0 saturated heterocycles. The molecule has 6 heteroatoms. The number of nitrogens with one attached hydrogen (secondary N) is 1. The van der Waals surface area contributed by atoms with E-state index in [1.165, 1.54) is 0 Å². The summed E-state index contributed by atoms with van der Waals surface area (Å²) in [6, 6.07) is 8.17. The van der Waals surface area contributed by atoms with Crippen molar-refractivity contribution in [3.05, 3.63) is 30.6 Å². The van der Waals surface area contributed by atoms with Crippen LogP contribution in [0.25, 0.3) is 22.6 Å². The van der Waals surface area contributed by atoms with Crippen LogP contribution in [-0.2, 0) is 0 Å². The Bertz CT molecular complexity index is 823. The molecule has 0 radical (unpaired) electrons. The number of nitrogens with zero attached hydrogens (tertiary/aromatic N) is 4. The van der Waals surface area contributed by atoms with Gasteiger partial charge in [-0.2, -0.15) is 0 Å². The summed E-state index contributed by atoms with van der Waals surface area (Å²) in [4.78, 5) is 13.7. The molecule has 1 N–H and O–H groups in total. The molecule has 0 aliphatic heterocycles. The highest BCUT2D eigenvalue weighted by atomic mass is 16.5. The Morgan fingerprint density at radius 2 is 1.92 bits per heavy atom. The molecular weight excluding hydrogens is 302 g/mol. The average Bonchev–Trinajstić information content (AvgIpc) is 3.00. The van der Waals surface area contributed by atoms with E-state index in [0.717, 1.165) is 47.1 Å². The van der Waals surface area contributed by atoms with Crippen molar-refractivity contribution in [3.63, 3.8) is 0 Å². The number of imidazole rings is 1. The molecule has 0 spiro atoms. The van der Waals surface area contributed by atoms with E-state index in [9.17, 15) is 0 Å². The zero-order chi connectivity index (χ0) is 17.1. The van der Waals surface area contributed by atoms with Crippen LogP contribution in [0, 0.1) is 0 Å². The molecule has 126 valence electrons. The van der Waals surface area contributed by atoms with Crippen LogP contribution < -0.4 is 10.1 Å². The predicted molar refractivity (Wildman–Crippen MR) is 96.5 cm³/mol. The summed E-state index contributed by atoms with van der Waals surface area (Å²) in [5, 5.41) is 3.34. The van der Waals surface area contributed by atoms with Crippen molar-refractivity contribution < 1.29 is 4.74 Å². The molecule has 3 rings (SSSR count). The third-order valence-electron chi connectivity index (χ3n) is 3.88. The van der Waals surface area contributed by atoms with E-state index >= 15 is 0 Å². The maximum absolute atomic E-state index is 5.25. The molecule has 3 aromatic rings. The van der Waals surface area contributed by atoms with E-state index in [2.05, 4.69) is 40.6 Å². The van der Waals surface area contributed by atoms with Gasteiger partial charge in [-0.15, -0.1) is 0 Å². The topological polar surface area (TPSA) is 64.9 Å². The molecule has 0 amide bonds. The average molecular weight is 325 g/mol. The maximum Gasteiger partial charge on any atom is 0.166 e. The third-order valence-corrected chi connectivity index (χ3v) is 3.88. The van der Waals surface area contributed by atoms with E-state index in [1.54, 1.807) is 13.4 Å². The first-order chi connectivity index (χ1) is 11.7. The Labute approximate surface area is 141 Å². The number of benzene rings is 1. The molecule has 6 nitrogen and oxygen atoms in total. The van der Waals surface area contributed by atoms with Crippen molar-refractivity contribution >= 4 is 17.0 Å². The van der Waals surface area contributed by atoms with E-state index in [0.29, 0.717) is 0 Å². The van der Waals surface area contributed by atoms with Gasteiger partial charge in [0.25, 0.3) is 0 Å². The lowest BCUT2D eigenvalue weighted by atomic mass is 10.2. The molecule has 2 aromatic heterocycles. The molecule has 24 heavy (non-hydrogen) atoms. The number of fused-ring (bicyclic) bond motifs is 1. The standard InChI is InChI=1S/C18H23N5O/c1-5-10-19-16-15-18(21-11-20-16)23(12(2)3)17(22-15)13-6-8-14(24-4)9-7-13/h6-9,11-12H,5,10H2,1-4H3,(H,19,20,21). The second-order valence-corrected chi connectivity index (χ2v) is 5.95. The molecule has 2 heterocycles. The van der Waals surface area contributed by atoms with Gasteiger partial charge in [0.1, 0.15) is 17.9 Å². The lowest BCUT2D eigenvalue weighted by Crippen LogP contribution is -2.05. The molecule has 1 aromatic carbocycles. The third kappa shape index (κ3) is 2.91. The van der Waals surface area contributed by atoms with Crippen LogP contribution in [0.4, 0.5) is 5.82 Å². The van der Waals surface area contributed by atoms with Crippen LogP contribution in [0.5, 0.6) is 5.75 Å². The van der Waals surface area contributed by atoms with Crippen molar-refractivity contribution in [2.24, 2.45) is 0 Å². The van der Waals surface area contributed by atoms with Gasteiger partial charge >= 0.3 is 0 Å². The zero-order valence-corrected chi connectivity index (χ0v) is 14.6. The van der Waals surface area contributed by atoms with Gasteiger partial charge in [0.2, 0.25) is 0 Å². The van der Waals surface area contributed by atoms with Crippen LogP contribution in [0.3, 0.4) is 0 Å². The summed E-state index contributed by atoms with van der Waals surface area (Å²) < 4.78 is 7.39. The number of rotatable bonds is 6. The van der Waals surface area contributed by atoms with Crippen LogP contribution in [-0.4, -0.2) is 33.2 Å². The molecule has 0 unspecified atom stereocenters. The maximum atomic E-state index is 5.25. The quantitative estimate of drug-likeness (QED) is 0.744. The fourth-order valence-electron chi connectivity index (χ4n) is 2.71. The summed E-state index contributed by atoms with van der Waals surface area (Å²) in [7, 11) is 1.67. The molecule has 0 fully saturated rings. The first kappa shape index (κ1) is 16.2. The van der Waals surface area contributed by atoms with E-state index in [-0.39, 0.29) is 6.04 Å². The summed E-state index contributed by atoms with van der Waals surface area (Å²) in [5.74, 6) is 2.51. The second kappa shape index (κ2) is 6.86. The number of hydrogen-bond acceptors (Lipinski definition) is 5. The van der Waals surface area contributed by atoms with Crippen LogP contribution in [0.2, 0.25) is 0 Å². The molecule has 0 aliphatic rings. The smallest absolute Gasteiger partial charge is 0.166 e. The first-order valence-corrected chi connectivity index (χ1v) is 8.27. The SMILES string of the molecule is CCCNc1ncnc2c1nc(-c1ccc(OC)cc1)n2C(C)C. The zero-order valence-electron chi connectivity index (χ0n) is 14.6. The van der Waals surface area contributed by atoms with E-state index in [1.807, 2.05) is 24.3 Å². The fourth-order valence-corrected chi connectivity index (χ4v) is 2.71. The van der Waals surface area contributed by atoms with Gasteiger partial charge in [0, 0.05) is 18.2 Å². The highest BCUT2D eigenvalue weighted by molar-refractivity contribution is 5.86. The molecule has 0 bridgehead atoms. The summed E-state index contributed by atoms with van der Waals surface area (Å²) in [6.07, 6.45) is 2.63. The van der Waals surface area contributed by atoms with Crippen molar-refractivity contribution in [2.75, 3.05) is 19.0 Å². The van der Waals surface area contributed by atoms with Gasteiger partial charge < -0.3 is 14.6 Å². The van der Waals surface area contributed by atoms with Gasteiger partial charge in [-0.3, -0.25) is 0 Å². The van der Waals surface area contributed by atoms with Gasteiger partial charge in [-0.25, -0.2) is 15.0 Å². The first-order valence-electron chi connectivity index (χ1n) is 8.27. The van der Waals surface area contributed by atoms with Crippen molar-refractivity contribution in [1.29, 1.82) is 0 Å². The number of ether oxygens (including phenoxy) is 1. The lowest BCUT2D eigenvalue weighted by Gasteiger charge is -2.12. The molecule has 0 atom stereocenters. The van der Waals surface area contributed by atoms with Crippen LogP contribution >= 0.6 is 0 Å². The van der Waals surface area contributed by atoms with Gasteiger partial charge in [-0.1, -0.05) is 6.92 Å². The fraction of sp³-hybridized carbons (Fsp3) is 0.389. The molecular formula is C18H23N5O. The number of hydrogen-bond donors (Lipinski definition) is 1. The Morgan fingerprint density at radius 3 is 2.54 bits per heavy atom. The number of aromatic nitrogens is 4. The largest absolute Gasteiger partial charge is 0.497 e. The second-order valence-electron chi connectivity index (χ2n) is 5.95.